The number of hydrogen-bond acceptors (Lipinski definition) is 4. The fraction of sp³-hybridized carbons (Fsp3) is 0.400. The number of aliphatic imine (C=N–C) groups is 1. The van der Waals surface area contributed by atoms with E-state index in [2.05, 4.69) is 10.3 Å². The zero-order valence-corrected chi connectivity index (χ0v) is 11.5. The number of benzene rings is 1. The highest BCUT2D eigenvalue weighted by Gasteiger charge is 2.32. The molecule has 0 atom stereocenters. The first-order valence-corrected chi connectivity index (χ1v) is 6.93. The lowest BCUT2D eigenvalue weighted by Gasteiger charge is -2.09. The van der Waals surface area contributed by atoms with Crippen LogP contribution in [0.3, 0.4) is 0 Å². The summed E-state index contributed by atoms with van der Waals surface area (Å²) in [5, 5.41) is 3.27. The van der Waals surface area contributed by atoms with Gasteiger partial charge in [0.2, 0.25) is 0 Å². The highest BCUT2D eigenvalue weighted by atomic mass is 16.2. The molecule has 0 aliphatic carbocycles. The van der Waals surface area contributed by atoms with E-state index in [9.17, 15) is 9.59 Å². The number of carbonyl (C=O) groups is 2. The van der Waals surface area contributed by atoms with Crippen LogP contribution in [0.2, 0.25) is 0 Å². The third-order valence-electron chi connectivity index (χ3n) is 3.75. The van der Waals surface area contributed by atoms with Crippen LogP contribution in [0.5, 0.6) is 0 Å². The van der Waals surface area contributed by atoms with Gasteiger partial charge < -0.3 is 5.32 Å². The zero-order valence-electron chi connectivity index (χ0n) is 11.5. The molecule has 2 aliphatic rings. The van der Waals surface area contributed by atoms with Crippen LogP contribution in [0.1, 0.15) is 46.4 Å². The SMILES string of the molecule is CN1C(=O)c2ccc(NC3=NCCCCC3)cc2C1=O. The van der Waals surface area contributed by atoms with Crippen molar-refractivity contribution in [2.45, 2.75) is 25.7 Å². The lowest BCUT2D eigenvalue weighted by atomic mass is 10.1. The van der Waals surface area contributed by atoms with Crippen molar-refractivity contribution in [1.29, 1.82) is 0 Å². The molecule has 3 rings (SSSR count). The predicted octanol–water partition coefficient (Wildman–Crippen LogP) is 2.30. The van der Waals surface area contributed by atoms with E-state index in [-0.39, 0.29) is 11.8 Å². The minimum absolute atomic E-state index is 0.233. The molecule has 0 unspecified atom stereocenters. The summed E-state index contributed by atoms with van der Waals surface area (Å²) in [7, 11) is 1.51. The van der Waals surface area contributed by atoms with Gasteiger partial charge in [-0.05, 0) is 31.0 Å². The normalized spacial score (nSPS) is 18.6. The van der Waals surface area contributed by atoms with E-state index in [1.165, 1.54) is 13.5 Å². The molecular weight excluding hydrogens is 254 g/mol. The summed E-state index contributed by atoms with van der Waals surface area (Å²) in [6, 6.07) is 5.28. The average molecular weight is 271 g/mol. The van der Waals surface area contributed by atoms with Crippen LogP contribution in [0, 0.1) is 0 Å². The molecule has 2 aliphatic heterocycles. The number of fused-ring (bicyclic) bond motifs is 1. The first-order valence-electron chi connectivity index (χ1n) is 6.93. The van der Waals surface area contributed by atoms with Crippen LogP contribution < -0.4 is 5.32 Å². The largest absolute Gasteiger partial charge is 0.344 e. The number of nitrogens with one attached hydrogen (secondary N) is 1. The van der Waals surface area contributed by atoms with Gasteiger partial charge in [-0.1, -0.05) is 6.42 Å². The molecule has 0 saturated heterocycles. The van der Waals surface area contributed by atoms with Gasteiger partial charge in [0.1, 0.15) is 5.84 Å². The molecule has 1 aromatic rings. The Bertz CT molecular complexity index is 607. The Morgan fingerprint density at radius 1 is 1.10 bits per heavy atom. The molecule has 0 radical (unpaired) electrons. The third kappa shape index (κ3) is 2.19. The van der Waals surface area contributed by atoms with Gasteiger partial charge in [0, 0.05) is 25.7 Å². The number of amides is 2. The van der Waals surface area contributed by atoms with Crippen molar-refractivity contribution in [2.24, 2.45) is 4.99 Å². The Morgan fingerprint density at radius 3 is 2.75 bits per heavy atom. The van der Waals surface area contributed by atoms with E-state index in [4.69, 9.17) is 0 Å². The van der Waals surface area contributed by atoms with Gasteiger partial charge in [-0.25, -0.2) is 0 Å². The van der Waals surface area contributed by atoms with Crippen molar-refractivity contribution in [3.05, 3.63) is 29.3 Å². The molecule has 0 bridgehead atoms. The number of anilines is 1. The van der Waals surface area contributed by atoms with Crippen molar-refractivity contribution in [3.8, 4) is 0 Å². The van der Waals surface area contributed by atoms with Crippen molar-refractivity contribution in [3.63, 3.8) is 0 Å². The second-order valence-electron chi connectivity index (χ2n) is 5.19. The van der Waals surface area contributed by atoms with Crippen LogP contribution in [-0.2, 0) is 0 Å². The highest BCUT2D eigenvalue weighted by Crippen LogP contribution is 2.25. The summed E-state index contributed by atoms with van der Waals surface area (Å²) in [5.41, 5.74) is 1.77. The second-order valence-corrected chi connectivity index (χ2v) is 5.19. The number of carbonyl (C=O) groups excluding carboxylic acids is 2. The van der Waals surface area contributed by atoms with Crippen LogP contribution in [0.15, 0.2) is 23.2 Å². The summed E-state index contributed by atoms with van der Waals surface area (Å²) in [6.45, 7) is 0.855. The third-order valence-corrected chi connectivity index (χ3v) is 3.75. The van der Waals surface area contributed by atoms with Gasteiger partial charge in [-0.2, -0.15) is 0 Å². The molecule has 0 spiro atoms. The smallest absolute Gasteiger partial charge is 0.261 e. The van der Waals surface area contributed by atoms with E-state index < -0.39 is 0 Å². The van der Waals surface area contributed by atoms with Gasteiger partial charge in [0.15, 0.2) is 0 Å². The number of rotatable bonds is 1. The van der Waals surface area contributed by atoms with Gasteiger partial charge in [-0.3, -0.25) is 19.5 Å². The Balaban J connectivity index is 1.85. The molecule has 5 heteroatoms. The fourth-order valence-electron chi connectivity index (χ4n) is 2.58. The predicted molar refractivity (Wildman–Crippen MR) is 77.3 cm³/mol. The number of amidine groups is 1. The van der Waals surface area contributed by atoms with Crippen molar-refractivity contribution < 1.29 is 9.59 Å². The van der Waals surface area contributed by atoms with E-state index in [0.29, 0.717) is 11.1 Å². The van der Waals surface area contributed by atoms with Crippen molar-refractivity contribution >= 4 is 23.3 Å². The standard InChI is InChI=1S/C15H17N3O2/c1-18-14(19)11-7-6-10(9-12(11)15(18)20)17-13-5-3-2-4-8-16-13/h6-7,9H,2-5,8H2,1H3,(H,16,17). The first-order chi connectivity index (χ1) is 9.66. The highest BCUT2D eigenvalue weighted by molar-refractivity contribution is 6.21. The molecule has 0 saturated carbocycles. The Morgan fingerprint density at radius 2 is 1.90 bits per heavy atom. The molecule has 2 amide bonds. The molecule has 0 aromatic heterocycles. The van der Waals surface area contributed by atoms with E-state index in [0.717, 1.165) is 42.2 Å². The first kappa shape index (κ1) is 12.8. The Kier molecular flexibility index (Phi) is 3.26. The van der Waals surface area contributed by atoms with Crippen LogP contribution >= 0.6 is 0 Å². The number of hydrogen-bond donors (Lipinski definition) is 1. The van der Waals surface area contributed by atoms with Gasteiger partial charge >= 0.3 is 0 Å². The molecule has 20 heavy (non-hydrogen) atoms. The molecule has 104 valence electrons. The maximum absolute atomic E-state index is 12.0. The minimum Gasteiger partial charge on any atom is -0.344 e. The molecule has 0 fully saturated rings. The summed E-state index contributed by atoms with van der Waals surface area (Å²) in [6.07, 6.45) is 4.41. The lowest BCUT2D eigenvalue weighted by Crippen LogP contribution is -2.24. The average Bonchev–Trinajstić information content (AvgIpc) is 2.68. The topological polar surface area (TPSA) is 61.8 Å². The second kappa shape index (κ2) is 5.07. The summed E-state index contributed by atoms with van der Waals surface area (Å²) in [5.74, 6) is 0.493. The molecule has 1 aromatic carbocycles. The van der Waals surface area contributed by atoms with Gasteiger partial charge in [0.05, 0.1) is 11.1 Å². The summed E-state index contributed by atoms with van der Waals surface area (Å²) >= 11 is 0. The maximum Gasteiger partial charge on any atom is 0.261 e. The van der Waals surface area contributed by atoms with Crippen molar-refractivity contribution in [2.75, 3.05) is 18.9 Å². The van der Waals surface area contributed by atoms with E-state index in [1.807, 2.05) is 6.07 Å². The van der Waals surface area contributed by atoms with E-state index >= 15 is 0 Å². The Labute approximate surface area is 117 Å². The van der Waals surface area contributed by atoms with Crippen LogP contribution in [0.25, 0.3) is 0 Å². The van der Waals surface area contributed by atoms with Crippen LogP contribution in [-0.4, -0.2) is 36.1 Å². The number of nitrogens with zero attached hydrogens (tertiary/aromatic N) is 2. The quantitative estimate of drug-likeness (QED) is 0.797. The lowest BCUT2D eigenvalue weighted by molar-refractivity contribution is 0.0693. The van der Waals surface area contributed by atoms with E-state index in [1.54, 1.807) is 12.1 Å². The molecule has 2 heterocycles. The maximum atomic E-state index is 12.0. The summed E-state index contributed by atoms with van der Waals surface area (Å²) in [4.78, 5) is 29.4. The Hall–Kier alpha value is -2.17. The number of imide groups is 1. The fourth-order valence-corrected chi connectivity index (χ4v) is 2.58. The minimum atomic E-state index is -0.239. The summed E-state index contributed by atoms with van der Waals surface area (Å²) < 4.78 is 0. The monoisotopic (exact) mass is 271 g/mol. The van der Waals surface area contributed by atoms with Gasteiger partial charge in [-0.15, -0.1) is 0 Å². The molecular formula is C15H17N3O2. The van der Waals surface area contributed by atoms with Gasteiger partial charge in [0.25, 0.3) is 11.8 Å². The molecule has 1 N–H and O–H groups in total. The molecule has 5 nitrogen and oxygen atoms in total. The van der Waals surface area contributed by atoms with Crippen LogP contribution in [0.4, 0.5) is 5.69 Å². The van der Waals surface area contributed by atoms with Crippen molar-refractivity contribution in [1.82, 2.24) is 4.90 Å². The zero-order chi connectivity index (χ0) is 14.1.